The van der Waals surface area contributed by atoms with Crippen molar-refractivity contribution < 1.29 is 23.5 Å². The summed E-state index contributed by atoms with van der Waals surface area (Å²) in [6.45, 7) is 1.72. The van der Waals surface area contributed by atoms with Gasteiger partial charge < -0.3 is 15.0 Å². The van der Waals surface area contributed by atoms with Crippen molar-refractivity contribution in [3.05, 3.63) is 63.9 Å². The molecule has 0 radical (unpaired) electrons. The summed E-state index contributed by atoms with van der Waals surface area (Å²) in [5, 5.41) is 4.08. The molecule has 5 rings (SSSR count). The Bertz CT molecular complexity index is 1250. The summed E-state index contributed by atoms with van der Waals surface area (Å²) in [7, 11) is 1.57. The summed E-state index contributed by atoms with van der Waals surface area (Å²) in [6.07, 6.45) is 3.33. The van der Waals surface area contributed by atoms with Crippen molar-refractivity contribution in [1.82, 2.24) is 15.1 Å². The molecule has 3 aliphatic rings. The van der Waals surface area contributed by atoms with E-state index in [0.717, 1.165) is 24.8 Å². The summed E-state index contributed by atoms with van der Waals surface area (Å²) in [6, 6.07) is 10.4. The Labute approximate surface area is 237 Å². The monoisotopic (exact) mass is 575 g/mol. The van der Waals surface area contributed by atoms with Crippen molar-refractivity contribution in [3.8, 4) is 5.75 Å². The number of piperidine rings is 1. The van der Waals surface area contributed by atoms with Crippen LogP contribution in [0.5, 0.6) is 5.75 Å². The van der Waals surface area contributed by atoms with Crippen molar-refractivity contribution in [2.75, 3.05) is 33.2 Å². The second-order valence-corrected chi connectivity index (χ2v) is 11.6. The average molecular weight is 576 g/mol. The van der Waals surface area contributed by atoms with Crippen LogP contribution in [-0.4, -0.2) is 66.3 Å². The Morgan fingerprint density at radius 3 is 2.31 bits per heavy atom. The fourth-order valence-electron chi connectivity index (χ4n) is 6.06. The number of halogens is 3. The molecule has 2 saturated heterocycles. The number of likely N-dealkylation sites (tertiary alicyclic amines) is 1. The number of Topliss-reactive ketones (excluding diaryl/α,β-unsaturated/α-hetero) is 1. The van der Waals surface area contributed by atoms with Gasteiger partial charge in [0.25, 0.3) is 0 Å². The molecule has 10 heteroatoms. The minimum atomic E-state index is -1.26. The quantitative estimate of drug-likeness (QED) is 0.506. The molecule has 2 aromatic carbocycles. The first-order valence-electron chi connectivity index (χ1n) is 13.4. The lowest BCUT2D eigenvalue weighted by Gasteiger charge is -2.44. The van der Waals surface area contributed by atoms with Crippen molar-refractivity contribution in [2.45, 2.75) is 43.6 Å². The average Bonchev–Trinajstić information content (AvgIpc) is 3.35. The second kappa shape index (κ2) is 11.4. The zero-order valence-corrected chi connectivity index (χ0v) is 23.3. The van der Waals surface area contributed by atoms with Crippen LogP contribution in [0.2, 0.25) is 10.0 Å². The number of benzene rings is 2. The number of nitrogens with one attached hydrogen (secondary N) is 1. The number of hydrogen-bond acceptors (Lipinski definition) is 5. The minimum absolute atomic E-state index is 0.0714. The number of carbonyl (C=O) groups is 3. The molecule has 1 N–H and O–H groups in total. The fraction of sp³-hybridized carbons (Fsp3) is 0.483. The highest BCUT2D eigenvalue weighted by Gasteiger charge is 2.56. The normalized spacial score (nSPS) is 23.8. The molecule has 2 aromatic rings. The third-order valence-electron chi connectivity index (χ3n) is 8.62. The minimum Gasteiger partial charge on any atom is -0.410 e. The van der Waals surface area contributed by atoms with Crippen LogP contribution in [0, 0.1) is 17.7 Å². The fourth-order valence-corrected chi connectivity index (χ4v) is 6.37. The molecule has 39 heavy (non-hydrogen) atoms. The van der Waals surface area contributed by atoms with E-state index in [1.165, 1.54) is 29.2 Å². The Kier molecular flexibility index (Phi) is 8.17. The van der Waals surface area contributed by atoms with Crippen LogP contribution in [0.3, 0.4) is 0 Å². The number of amides is 2. The first-order valence-corrected chi connectivity index (χ1v) is 14.2. The van der Waals surface area contributed by atoms with Gasteiger partial charge in [-0.15, -0.1) is 0 Å². The molecular formula is C29H32Cl2FN3O4. The van der Waals surface area contributed by atoms with Gasteiger partial charge in [-0.1, -0.05) is 35.7 Å². The summed E-state index contributed by atoms with van der Waals surface area (Å²) in [4.78, 5) is 44.0. The van der Waals surface area contributed by atoms with E-state index in [9.17, 15) is 18.8 Å². The highest BCUT2D eigenvalue weighted by atomic mass is 35.5. The van der Waals surface area contributed by atoms with Gasteiger partial charge in [-0.2, -0.15) is 0 Å². The van der Waals surface area contributed by atoms with Crippen LogP contribution in [-0.2, 0) is 9.59 Å². The highest BCUT2D eigenvalue weighted by molar-refractivity contribution is 6.42. The summed E-state index contributed by atoms with van der Waals surface area (Å²) in [5.74, 6) is -0.779. The molecule has 2 atom stereocenters. The third kappa shape index (κ3) is 5.39. The highest BCUT2D eigenvalue weighted by Crippen LogP contribution is 2.42. The van der Waals surface area contributed by atoms with Gasteiger partial charge in [0.15, 0.2) is 5.78 Å². The summed E-state index contributed by atoms with van der Waals surface area (Å²) in [5.41, 5.74) is -0.485. The number of hydrogen-bond donors (Lipinski definition) is 1. The molecule has 208 valence electrons. The maximum absolute atomic E-state index is 14.5. The second-order valence-electron chi connectivity index (χ2n) is 10.8. The number of rotatable bonds is 6. The lowest BCUT2D eigenvalue weighted by molar-refractivity contribution is -0.143. The predicted molar refractivity (Wildman–Crippen MR) is 147 cm³/mol. The molecule has 0 spiro atoms. The Morgan fingerprint density at radius 2 is 1.69 bits per heavy atom. The molecule has 3 fully saturated rings. The van der Waals surface area contributed by atoms with Gasteiger partial charge in [0.2, 0.25) is 5.91 Å². The maximum Gasteiger partial charge on any atom is 0.415 e. The molecule has 1 saturated carbocycles. The van der Waals surface area contributed by atoms with E-state index in [0.29, 0.717) is 42.5 Å². The lowest BCUT2D eigenvalue weighted by atomic mass is 9.72. The van der Waals surface area contributed by atoms with Gasteiger partial charge in [-0.05, 0) is 67.6 Å². The molecule has 1 aliphatic carbocycles. The number of carbonyl (C=O) groups excluding carboxylic acids is 3. The van der Waals surface area contributed by atoms with E-state index < -0.39 is 23.4 Å². The van der Waals surface area contributed by atoms with Crippen LogP contribution >= 0.6 is 23.2 Å². The van der Waals surface area contributed by atoms with Crippen LogP contribution in [0.4, 0.5) is 9.18 Å². The van der Waals surface area contributed by atoms with E-state index in [1.54, 1.807) is 19.2 Å². The zero-order chi connectivity index (χ0) is 27.7. The first-order chi connectivity index (χ1) is 18.7. The largest absolute Gasteiger partial charge is 0.415 e. The van der Waals surface area contributed by atoms with E-state index in [-0.39, 0.29) is 35.8 Å². The number of ketones is 1. The lowest BCUT2D eigenvalue weighted by Crippen LogP contribution is -2.62. The predicted octanol–water partition coefficient (Wildman–Crippen LogP) is 5.30. The number of likely N-dealkylation sites (N-methyl/N-ethyl adjacent to an activating group) is 1. The van der Waals surface area contributed by atoms with Crippen molar-refractivity contribution in [3.63, 3.8) is 0 Å². The van der Waals surface area contributed by atoms with E-state index >= 15 is 0 Å². The van der Waals surface area contributed by atoms with Crippen molar-refractivity contribution >= 4 is 41.0 Å². The molecule has 0 unspecified atom stereocenters. The van der Waals surface area contributed by atoms with Gasteiger partial charge in [0.1, 0.15) is 17.1 Å². The SMILES string of the molecule is CN(C(=O)Oc1ccc(F)cc1)[C@]1(C(=O)C2CCN(C(=O)C3CCC3)CC2)CNC[C@H]1c1ccc(Cl)c(Cl)c1. The molecule has 7 nitrogen and oxygen atoms in total. The maximum atomic E-state index is 14.5. The Morgan fingerprint density at radius 1 is 1.00 bits per heavy atom. The smallest absolute Gasteiger partial charge is 0.410 e. The molecule has 0 aromatic heterocycles. The Hall–Kier alpha value is -2.68. The van der Waals surface area contributed by atoms with Gasteiger partial charge in [-0.3, -0.25) is 14.5 Å². The molecule has 2 heterocycles. The first kappa shape index (κ1) is 27.9. The number of ether oxygens (including phenoxy) is 1. The van der Waals surface area contributed by atoms with Crippen LogP contribution < -0.4 is 10.1 Å². The van der Waals surface area contributed by atoms with Crippen molar-refractivity contribution in [2.24, 2.45) is 11.8 Å². The van der Waals surface area contributed by atoms with Crippen LogP contribution in [0.1, 0.15) is 43.6 Å². The molecule has 0 bridgehead atoms. The standard InChI is InChI=1S/C29H32Cl2FN3O4/c1-34(28(38)39-22-8-6-21(32)7-9-22)29(17-33-16-23(29)20-5-10-24(30)25(31)15-20)26(36)18-11-13-35(14-12-18)27(37)19-3-2-4-19/h5-10,15,18-19,23,33H,2-4,11-14,16-17H2,1H3/t23-,29+/m0/s1. The topological polar surface area (TPSA) is 79.0 Å². The van der Waals surface area contributed by atoms with E-state index in [4.69, 9.17) is 27.9 Å². The van der Waals surface area contributed by atoms with Crippen molar-refractivity contribution in [1.29, 1.82) is 0 Å². The zero-order valence-electron chi connectivity index (χ0n) is 21.8. The van der Waals surface area contributed by atoms with Crippen LogP contribution in [0.25, 0.3) is 0 Å². The van der Waals surface area contributed by atoms with E-state index in [1.807, 2.05) is 11.0 Å². The van der Waals surface area contributed by atoms with Gasteiger partial charge in [0, 0.05) is 51.0 Å². The van der Waals surface area contributed by atoms with Gasteiger partial charge in [-0.25, -0.2) is 9.18 Å². The molecule has 2 amide bonds. The third-order valence-corrected chi connectivity index (χ3v) is 9.35. The molecular weight excluding hydrogens is 544 g/mol. The number of nitrogens with zero attached hydrogens (tertiary/aromatic N) is 2. The summed E-state index contributed by atoms with van der Waals surface area (Å²) < 4.78 is 19.0. The van der Waals surface area contributed by atoms with Gasteiger partial charge in [0.05, 0.1) is 10.0 Å². The summed E-state index contributed by atoms with van der Waals surface area (Å²) >= 11 is 12.5. The molecule has 2 aliphatic heterocycles. The van der Waals surface area contributed by atoms with Gasteiger partial charge >= 0.3 is 6.09 Å². The Balaban J connectivity index is 1.42. The van der Waals surface area contributed by atoms with Crippen LogP contribution in [0.15, 0.2) is 42.5 Å². The van der Waals surface area contributed by atoms with E-state index in [2.05, 4.69) is 5.32 Å².